The predicted octanol–water partition coefficient (Wildman–Crippen LogP) is 3.69. The van der Waals surface area contributed by atoms with Crippen molar-refractivity contribution in [1.29, 1.82) is 0 Å². The number of halogens is 1. The molecule has 8 nitrogen and oxygen atoms in total. The Morgan fingerprint density at radius 2 is 1.74 bits per heavy atom. The first kappa shape index (κ1) is 23.6. The Bertz CT molecular complexity index is 1120. The van der Waals surface area contributed by atoms with Crippen molar-refractivity contribution in [2.75, 3.05) is 61.3 Å². The maximum absolute atomic E-state index is 13.2. The van der Waals surface area contributed by atoms with E-state index < -0.39 is 0 Å². The van der Waals surface area contributed by atoms with Crippen LogP contribution in [0.15, 0.2) is 59.9 Å². The van der Waals surface area contributed by atoms with Gasteiger partial charge in [-0.25, -0.2) is 14.4 Å². The summed E-state index contributed by atoms with van der Waals surface area (Å²) < 4.78 is 23.7. The zero-order valence-electron chi connectivity index (χ0n) is 19.0. The summed E-state index contributed by atoms with van der Waals surface area (Å²) in [6.07, 6.45) is 1.52. The van der Waals surface area contributed by atoms with Crippen LogP contribution in [0.25, 0.3) is 0 Å². The minimum atomic E-state index is -0.231. The quantitative estimate of drug-likeness (QED) is 0.384. The van der Waals surface area contributed by atoms with Crippen molar-refractivity contribution < 1.29 is 18.7 Å². The monoisotopic (exact) mass is 483 g/mol. The first-order valence-corrected chi connectivity index (χ1v) is 11.8. The second-order valence-electron chi connectivity index (χ2n) is 7.57. The number of methoxy groups -OCH3 is 2. The van der Waals surface area contributed by atoms with E-state index in [1.165, 1.54) is 30.2 Å². The Labute approximate surface area is 202 Å². The molecule has 1 N–H and O–H groups in total. The summed E-state index contributed by atoms with van der Waals surface area (Å²) in [5.41, 5.74) is 1.59. The van der Waals surface area contributed by atoms with Crippen molar-refractivity contribution in [3.05, 3.63) is 60.7 Å². The normalized spacial score (nSPS) is 13.5. The molecule has 0 radical (unpaired) electrons. The van der Waals surface area contributed by atoms with Crippen molar-refractivity contribution in [3.8, 4) is 11.5 Å². The summed E-state index contributed by atoms with van der Waals surface area (Å²) in [7, 11) is 3.12. The van der Waals surface area contributed by atoms with Crippen LogP contribution in [-0.4, -0.2) is 62.0 Å². The van der Waals surface area contributed by atoms with E-state index in [1.54, 1.807) is 44.6 Å². The number of amides is 1. The number of carbonyl (C=O) groups is 1. The van der Waals surface area contributed by atoms with Gasteiger partial charge in [-0.15, -0.1) is 0 Å². The lowest BCUT2D eigenvalue weighted by Crippen LogP contribution is -2.46. The number of hydrogen-bond acceptors (Lipinski definition) is 8. The first-order chi connectivity index (χ1) is 16.6. The van der Waals surface area contributed by atoms with Gasteiger partial charge in [-0.1, -0.05) is 11.8 Å². The van der Waals surface area contributed by atoms with Gasteiger partial charge in [-0.3, -0.25) is 4.79 Å². The van der Waals surface area contributed by atoms with Crippen LogP contribution in [0.5, 0.6) is 11.5 Å². The van der Waals surface area contributed by atoms with Crippen LogP contribution < -0.4 is 24.6 Å². The molecule has 34 heavy (non-hydrogen) atoms. The van der Waals surface area contributed by atoms with E-state index >= 15 is 0 Å². The zero-order valence-corrected chi connectivity index (χ0v) is 19.8. The van der Waals surface area contributed by atoms with Gasteiger partial charge in [0.25, 0.3) is 0 Å². The van der Waals surface area contributed by atoms with E-state index in [1.807, 2.05) is 6.07 Å². The molecule has 178 valence electrons. The average Bonchev–Trinajstić information content (AvgIpc) is 2.88. The largest absolute Gasteiger partial charge is 0.497 e. The Kier molecular flexibility index (Phi) is 7.69. The van der Waals surface area contributed by atoms with E-state index in [2.05, 4.69) is 25.1 Å². The highest BCUT2D eigenvalue weighted by Crippen LogP contribution is 2.29. The van der Waals surface area contributed by atoms with Gasteiger partial charge in [-0.05, 0) is 36.4 Å². The number of nitrogens with zero attached hydrogens (tertiary/aromatic N) is 4. The molecule has 0 atom stereocenters. The van der Waals surface area contributed by atoms with Crippen molar-refractivity contribution >= 4 is 34.9 Å². The SMILES string of the molecule is COc1ccc(NC(=O)CSc2cc(N3CCN(c4ccc(F)cc4)CC3)ncn2)c(OC)c1. The average molecular weight is 484 g/mol. The molecular formula is C24H26FN5O3S. The fourth-order valence-corrected chi connectivity index (χ4v) is 4.32. The van der Waals surface area contributed by atoms with Gasteiger partial charge in [0.05, 0.1) is 25.7 Å². The third-order valence-electron chi connectivity index (χ3n) is 5.46. The molecule has 0 unspecified atom stereocenters. The van der Waals surface area contributed by atoms with Gasteiger partial charge >= 0.3 is 0 Å². The van der Waals surface area contributed by atoms with Gasteiger partial charge < -0.3 is 24.6 Å². The Hall–Kier alpha value is -3.53. The van der Waals surface area contributed by atoms with Crippen LogP contribution in [-0.2, 0) is 4.79 Å². The number of anilines is 3. The number of piperazine rings is 1. The predicted molar refractivity (Wildman–Crippen MR) is 132 cm³/mol. The smallest absolute Gasteiger partial charge is 0.234 e. The van der Waals surface area contributed by atoms with E-state index in [4.69, 9.17) is 9.47 Å². The minimum absolute atomic E-state index is 0.165. The van der Waals surface area contributed by atoms with Crippen LogP contribution in [0.3, 0.4) is 0 Å². The Morgan fingerprint density at radius 3 is 2.44 bits per heavy atom. The molecule has 2 aromatic carbocycles. The molecule has 1 fully saturated rings. The molecule has 0 saturated carbocycles. The molecule has 0 bridgehead atoms. The Morgan fingerprint density at radius 1 is 1.00 bits per heavy atom. The van der Waals surface area contributed by atoms with Crippen molar-refractivity contribution in [2.24, 2.45) is 0 Å². The lowest BCUT2D eigenvalue weighted by molar-refractivity contribution is -0.113. The molecule has 4 rings (SSSR count). The number of aromatic nitrogens is 2. The Balaban J connectivity index is 1.31. The van der Waals surface area contributed by atoms with Gasteiger partial charge in [-0.2, -0.15) is 0 Å². The number of nitrogens with one attached hydrogen (secondary N) is 1. The van der Waals surface area contributed by atoms with Crippen molar-refractivity contribution in [2.45, 2.75) is 5.03 Å². The van der Waals surface area contributed by atoms with Crippen LogP contribution in [0, 0.1) is 5.82 Å². The second kappa shape index (κ2) is 11.1. The van der Waals surface area contributed by atoms with E-state index in [9.17, 15) is 9.18 Å². The maximum Gasteiger partial charge on any atom is 0.234 e. The summed E-state index contributed by atoms with van der Waals surface area (Å²) in [5.74, 6) is 1.81. The lowest BCUT2D eigenvalue weighted by atomic mass is 10.2. The summed E-state index contributed by atoms with van der Waals surface area (Å²) in [5, 5.41) is 3.59. The molecule has 1 aliphatic heterocycles. The van der Waals surface area contributed by atoms with Crippen LogP contribution in [0.1, 0.15) is 0 Å². The molecule has 0 spiro atoms. The summed E-state index contributed by atoms with van der Waals surface area (Å²) >= 11 is 1.34. The van der Waals surface area contributed by atoms with E-state index in [0.29, 0.717) is 17.2 Å². The number of carbonyl (C=O) groups excluding carboxylic acids is 1. The second-order valence-corrected chi connectivity index (χ2v) is 8.56. The summed E-state index contributed by atoms with van der Waals surface area (Å²) in [4.78, 5) is 25.6. The maximum atomic E-state index is 13.2. The number of ether oxygens (including phenoxy) is 2. The van der Waals surface area contributed by atoms with Gasteiger partial charge in [0.1, 0.15) is 34.5 Å². The standard InChI is InChI=1S/C24H26FN5O3S/c1-32-19-7-8-20(21(13-19)33-2)28-23(31)15-34-24-14-22(26-16-27-24)30-11-9-29(10-12-30)18-5-3-17(25)4-6-18/h3-8,13-14,16H,9-12,15H2,1-2H3,(H,28,31). The molecule has 1 aromatic heterocycles. The van der Waals surface area contributed by atoms with Crippen LogP contribution in [0.2, 0.25) is 0 Å². The van der Waals surface area contributed by atoms with Crippen molar-refractivity contribution in [3.63, 3.8) is 0 Å². The van der Waals surface area contributed by atoms with Gasteiger partial charge in [0, 0.05) is 44.0 Å². The molecule has 1 amide bonds. The third kappa shape index (κ3) is 5.88. The molecule has 10 heteroatoms. The minimum Gasteiger partial charge on any atom is -0.497 e. The summed E-state index contributed by atoms with van der Waals surface area (Å²) in [6, 6.07) is 13.7. The molecular weight excluding hydrogens is 457 g/mol. The number of thioether (sulfide) groups is 1. The van der Waals surface area contributed by atoms with E-state index in [0.717, 1.165) is 42.7 Å². The molecule has 2 heterocycles. The number of rotatable bonds is 8. The number of hydrogen-bond donors (Lipinski definition) is 1. The van der Waals surface area contributed by atoms with Gasteiger partial charge in [0.15, 0.2) is 0 Å². The topological polar surface area (TPSA) is 79.8 Å². The van der Waals surface area contributed by atoms with Gasteiger partial charge in [0.2, 0.25) is 5.91 Å². The molecule has 1 saturated heterocycles. The van der Waals surface area contributed by atoms with Crippen LogP contribution in [0.4, 0.5) is 21.6 Å². The summed E-state index contributed by atoms with van der Waals surface area (Å²) in [6.45, 7) is 3.20. The first-order valence-electron chi connectivity index (χ1n) is 10.8. The molecule has 3 aromatic rings. The number of benzene rings is 2. The highest BCUT2D eigenvalue weighted by Gasteiger charge is 2.19. The molecule has 1 aliphatic rings. The van der Waals surface area contributed by atoms with Crippen LogP contribution >= 0.6 is 11.8 Å². The highest BCUT2D eigenvalue weighted by molar-refractivity contribution is 7.99. The third-order valence-corrected chi connectivity index (χ3v) is 6.38. The fraction of sp³-hybridized carbons (Fsp3) is 0.292. The van der Waals surface area contributed by atoms with E-state index in [-0.39, 0.29) is 17.5 Å². The van der Waals surface area contributed by atoms with Crippen molar-refractivity contribution in [1.82, 2.24) is 9.97 Å². The lowest BCUT2D eigenvalue weighted by Gasteiger charge is -2.36. The fourth-order valence-electron chi connectivity index (χ4n) is 3.65. The molecule has 0 aliphatic carbocycles. The zero-order chi connectivity index (χ0) is 23.9. The highest BCUT2D eigenvalue weighted by atomic mass is 32.2.